The van der Waals surface area contributed by atoms with Crippen molar-refractivity contribution in [3.05, 3.63) is 34.9 Å². The third-order valence-electron chi connectivity index (χ3n) is 8.22. The quantitative estimate of drug-likeness (QED) is 0.529. The first kappa shape index (κ1) is 20.3. The van der Waals surface area contributed by atoms with E-state index in [9.17, 15) is 8.78 Å². The van der Waals surface area contributed by atoms with Crippen LogP contribution in [0.25, 0.3) is 0 Å². The van der Waals surface area contributed by atoms with Crippen LogP contribution < -0.4 is 0 Å². The summed E-state index contributed by atoms with van der Waals surface area (Å²) in [5, 5.41) is 0. The average Bonchev–Trinajstić information content (AvgIpc) is 2.71. The lowest BCUT2D eigenvalue weighted by molar-refractivity contribution is 0.00583. The van der Waals surface area contributed by atoms with E-state index < -0.39 is 0 Å². The maximum Gasteiger partial charge on any atom is 0.129 e. The van der Waals surface area contributed by atoms with Crippen molar-refractivity contribution in [3.8, 4) is 0 Å². The predicted octanol–water partition coefficient (Wildman–Crippen LogP) is 7.17. The van der Waals surface area contributed by atoms with E-state index in [0.717, 1.165) is 48.7 Å². The number of rotatable bonds is 4. The third-order valence-corrected chi connectivity index (χ3v) is 8.22. The van der Waals surface area contributed by atoms with Crippen LogP contribution in [0.2, 0.25) is 0 Å². The molecule has 1 nitrogen and oxygen atoms in total. The molecule has 3 aliphatic carbocycles. The normalized spacial score (nSPS) is 36.1. The van der Waals surface area contributed by atoms with Crippen molar-refractivity contribution in [3.63, 3.8) is 0 Å². The molecule has 3 saturated carbocycles. The van der Waals surface area contributed by atoms with Crippen LogP contribution >= 0.6 is 0 Å². The van der Waals surface area contributed by atoms with Gasteiger partial charge >= 0.3 is 0 Å². The molecule has 0 heterocycles. The van der Waals surface area contributed by atoms with Gasteiger partial charge in [0.2, 0.25) is 0 Å². The summed E-state index contributed by atoms with van der Waals surface area (Å²) in [4.78, 5) is 0. The Morgan fingerprint density at radius 2 is 1.32 bits per heavy atom. The minimum atomic E-state index is -0.386. The van der Waals surface area contributed by atoms with Gasteiger partial charge in [0.05, 0.1) is 6.10 Å². The van der Waals surface area contributed by atoms with E-state index in [-0.39, 0.29) is 17.2 Å². The van der Waals surface area contributed by atoms with Gasteiger partial charge < -0.3 is 4.74 Å². The minimum absolute atomic E-state index is 0.150. The van der Waals surface area contributed by atoms with E-state index in [1.165, 1.54) is 58.3 Å². The maximum absolute atomic E-state index is 14.0. The molecule has 156 valence electrons. The van der Waals surface area contributed by atoms with Crippen LogP contribution in [0.4, 0.5) is 8.78 Å². The zero-order chi connectivity index (χ0) is 19.7. The fourth-order valence-electron chi connectivity index (χ4n) is 6.52. The highest BCUT2D eigenvalue weighted by atomic mass is 19.1. The summed E-state index contributed by atoms with van der Waals surface area (Å²) in [5.74, 6) is 2.95. The summed E-state index contributed by atoms with van der Waals surface area (Å²) in [6, 6.07) is 3.18. The van der Waals surface area contributed by atoms with E-state index in [0.29, 0.717) is 12.0 Å². The van der Waals surface area contributed by atoms with E-state index in [1.807, 2.05) is 0 Å². The van der Waals surface area contributed by atoms with Crippen LogP contribution in [0.1, 0.15) is 88.2 Å². The van der Waals surface area contributed by atoms with Gasteiger partial charge in [-0.25, -0.2) is 8.78 Å². The van der Waals surface area contributed by atoms with Crippen molar-refractivity contribution in [2.24, 2.45) is 23.7 Å². The van der Waals surface area contributed by atoms with E-state index in [2.05, 4.69) is 6.92 Å². The second-order valence-corrected chi connectivity index (χ2v) is 9.70. The molecule has 0 saturated heterocycles. The molecule has 1 aromatic rings. The molecular weight excluding hydrogens is 354 g/mol. The number of ether oxygens (including phenoxy) is 1. The summed E-state index contributed by atoms with van der Waals surface area (Å²) in [5.41, 5.74) is 1.03. The van der Waals surface area contributed by atoms with Gasteiger partial charge in [0.15, 0.2) is 0 Å². The Labute approximate surface area is 169 Å². The van der Waals surface area contributed by atoms with Crippen LogP contribution in [0, 0.1) is 42.2 Å². The largest absolute Gasteiger partial charge is 0.379 e. The molecule has 0 aromatic heterocycles. The molecule has 4 unspecified atom stereocenters. The Kier molecular flexibility index (Phi) is 6.40. The highest BCUT2D eigenvalue weighted by molar-refractivity contribution is 5.28. The molecule has 28 heavy (non-hydrogen) atoms. The maximum atomic E-state index is 14.0. The van der Waals surface area contributed by atoms with Gasteiger partial charge in [0.25, 0.3) is 0 Å². The van der Waals surface area contributed by atoms with E-state index in [1.54, 1.807) is 12.1 Å². The van der Waals surface area contributed by atoms with Crippen molar-refractivity contribution >= 4 is 0 Å². The zero-order valence-electron chi connectivity index (χ0n) is 17.6. The second kappa shape index (κ2) is 8.81. The van der Waals surface area contributed by atoms with Gasteiger partial charge in [-0.2, -0.15) is 0 Å². The Bertz CT molecular complexity index is 642. The fourth-order valence-corrected chi connectivity index (χ4v) is 6.52. The van der Waals surface area contributed by atoms with Crippen LogP contribution in [0.5, 0.6) is 0 Å². The Morgan fingerprint density at radius 1 is 0.786 bits per heavy atom. The van der Waals surface area contributed by atoms with Crippen LogP contribution in [-0.4, -0.2) is 12.7 Å². The number of benzene rings is 1. The first-order chi connectivity index (χ1) is 13.5. The first-order valence-electron chi connectivity index (χ1n) is 11.6. The van der Waals surface area contributed by atoms with E-state index >= 15 is 0 Å². The summed E-state index contributed by atoms with van der Waals surface area (Å²) in [6.07, 6.45) is 13.2. The van der Waals surface area contributed by atoms with Gasteiger partial charge in [0.1, 0.15) is 11.6 Å². The number of halogens is 2. The molecule has 1 aromatic carbocycles. The van der Waals surface area contributed by atoms with Crippen molar-refractivity contribution < 1.29 is 13.5 Å². The number of hydrogen-bond donors (Lipinski definition) is 0. The standard InChI is InChI=1S/C25H36F2O/c1-3-28-23-10-8-17(9-11-23)18-4-5-20-13-21(7-6-19(20)12-18)22-14-24(26)16(2)25(27)15-22/h14-15,17-21,23H,3-13H2,1-2H3. The smallest absolute Gasteiger partial charge is 0.129 e. The predicted molar refractivity (Wildman–Crippen MR) is 109 cm³/mol. The SMILES string of the molecule is CCOC1CCC(C2CCC3CC(c4cc(F)c(C)c(F)c4)CCC3C2)CC1. The average molecular weight is 391 g/mol. The van der Waals surface area contributed by atoms with Crippen molar-refractivity contribution in [1.82, 2.24) is 0 Å². The molecule has 0 N–H and O–H groups in total. The molecule has 0 radical (unpaired) electrons. The van der Waals surface area contributed by atoms with Gasteiger partial charge in [-0.05, 0) is 125 Å². The molecule has 0 spiro atoms. The van der Waals surface area contributed by atoms with Crippen molar-refractivity contribution in [2.75, 3.05) is 6.61 Å². The lowest BCUT2D eigenvalue weighted by atomic mass is 9.60. The first-order valence-corrected chi connectivity index (χ1v) is 11.6. The summed E-state index contributed by atoms with van der Waals surface area (Å²) < 4.78 is 33.9. The molecular formula is C25H36F2O. The second-order valence-electron chi connectivity index (χ2n) is 9.70. The fraction of sp³-hybridized carbons (Fsp3) is 0.760. The number of hydrogen-bond acceptors (Lipinski definition) is 1. The summed E-state index contributed by atoms with van der Waals surface area (Å²) >= 11 is 0. The summed E-state index contributed by atoms with van der Waals surface area (Å²) in [6.45, 7) is 4.47. The highest BCUT2D eigenvalue weighted by Crippen LogP contribution is 2.50. The van der Waals surface area contributed by atoms with Crippen LogP contribution in [0.15, 0.2) is 12.1 Å². The van der Waals surface area contributed by atoms with Gasteiger partial charge in [-0.3, -0.25) is 0 Å². The summed E-state index contributed by atoms with van der Waals surface area (Å²) in [7, 11) is 0. The highest BCUT2D eigenvalue weighted by Gasteiger charge is 2.39. The molecule has 0 amide bonds. The van der Waals surface area contributed by atoms with Crippen LogP contribution in [0.3, 0.4) is 0 Å². The number of fused-ring (bicyclic) bond motifs is 1. The lowest BCUT2D eigenvalue weighted by Crippen LogP contribution is -2.35. The molecule has 0 bridgehead atoms. The van der Waals surface area contributed by atoms with Crippen molar-refractivity contribution in [2.45, 2.75) is 90.1 Å². The zero-order valence-corrected chi connectivity index (χ0v) is 17.6. The molecule has 3 aliphatic rings. The molecule has 4 atom stereocenters. The van der Waals surface area contributed by atoms with Gasteiger partial charge in [0, 0.05) is 12.2 Å². The molecule has 3 fully saturated rings. The van der Waals surface area contributed by atoms with Crippen LogP contribution in [-0.2, 0) is 4.74 Å². The topological polar surface area (TPSA) is 9.23 Å². The Morgan fingerprint density at radius 3 is 1.96 bits per heavy atom. The monoisotopic (exact) mass is 390 g/mol. The minimum Gasteiger partial charge on any atom is -0.379 e. The third kappa shape index (κ3) is 4.30. The molecule has 3 heteroatoms. The Hall–Kier alpha value is -0.960. The van der Waals surface area contributed by atoms with Gasteiger partial charge in [-0.1, -0.05) is 0 Å². The Balaban J connectivity index is 1.33. The molecule has 4 rings (SSSR count). The molecule has 0 aliphatic heterocycles. The lowest BCUT2D eigenvalue weighted by Gasteiger charge is -2.45. The van der Waals surface area contributed by atoms with Crippen molar-refractivity contribution in [1.29, 1.82) is 0 Å². The van der Waals surface area contributed by atoms with Gasteiger partial charge in [-0.15, -0.1) is 0 Å². The van der Waals surface area contributed by atoms with E-state index in [4.69, 9.17) is 4.74 Å².